The van der Waals surface area contributed by atoms with Gasteiger partial charge >= 0.3 is 0 Å². The largest absolute Gasteiger partial charge is 0.391 e. The summed E-state index contributed by atoms with van der Waals surface area (Å²) in [5.41, 5.74) is 10.1. The number of fused-ring (bicyclic) bond motifs is 3. The monoisotopic (exact) mass is 1030 g/mol. The molecule has 6 atom stereocenters. The number of aryl methyl sites for hydroxylation is 3. The fourth-order valence-corrected chi connectivity index (χ4v) is 12.3. The van der Waals surface area contributed by atoms with Crippen molar-refractivity contribution in [1.82, 2.24) is 45.1 Å². The molecule has 1 unspecified atom stereocenters. The number of carbonyl (C=O) groups excluding carboxylic acids is 3. The van der Waals surface area contributed by atoms with E-state index in [1.54, 1.807) is 33.6 Å². The van der Waals surface area contributed by atoms with Crippen LogP contribution in [-0.4, -0.2) is 106 Å². The number of aliphatic hydroxyl groups excluding tert-OH is 1. The van der Waals surface area contributed by atoms with Crippen molar-refractivity contribution in [2.24, 2.45) is 15.9 Å². The first kappa shape index (κ1) is 49.4. The second kappa shape index (κ2) is 20.4. The van der Waals surface area contributed by atoms with Crippen LogP contribution in [0.15, 0.2) is 82.5 Å². The van der Waals surface area contributed by atoms with E-state index in [9.17, 15) is 19.5 Å². The van der Waals surface area contributed by atoms with E-state index in [0.717, 1.165) is 60.5 Å². The van der Waals surface area contributed by atoms with Crippen LogP contribution >= 0.6 is 34.3 Å². The van der Waals surface area contributed by atoms with Gasteiger partial charge in [0.15, 0.2) is 5.82 Å². The third-order valence-corrected chi connectivity index (χ3v) is 16.6. The molecule has 1 aliphatic carbocycles. The van der Waals surface area contributed by atoms with Gasteiger partial charge in [-0.25, -0.2) is 4.98 Å². The van der Waals surface area contributed by atoms with Crippen molar-refractivity contribution in [3.05, 3.63) is 128 Å². The molecule has 1 saturated heterocycles. The summed E-state index contributed by atoms with van der Waals surface area (Å²) in [4.78, 5) is 60.1. The predicted octanol–water partition coefficient (Wildman–Crippen LogP) is 8.40. The number of nitrogens with zero attached hydrogens (tertiary/aromatic N) is 9. The maximum absolute atomic E-state index is 14.4. The molecule has 7 heterocycles. The lowest BCUT2D eigenvalue weighted by atomic mass is 9.88. The Balaban J connectivity index is 0.754. The van der Waals surface area contributed by atoms with E-state index in [4.69, 9.17) is 21.3 Å². The van der Waals surface area contributed by atoms with Crippen LogP contribution in [0, 0.1) is 33.6 Å². The highest BCUT2D eigenvalue weighted by atomic mass is 35.5. The quantitative estimate of drug-likeness (QED) is 0.0961. The van der Waals surface area contributed by atoms with Crippen molar-refractivity contribution in [1.29, 1.82) is 0 Å². The molecule has 4 aliphatic rings. The highest BCUT2D eigenvalue weighted by molar-refractivity contribution is 7.15. The lowest BCUT2D eigenvalue weighted by molar-refractivity contribution is -0.142. The molecule has 3 aliphatic heterocycles. The molecule has 3 N–H and O–H groups in total. The molecule has 374 valence electrons. The zero-order valence-electron chi connectivity index (χ0n) is 41.2. The molecule has 2 aromatic carbocycles. The van der Waals surface area contributed by atoms with E-state index in [0.29, 0.717) is 35.8 Å². The summed E-state index contributed by atoms with van der Waals surface area (Å²) in [7, 11) is 0. The predicted molar refractivity (Wildman–Crippen MR) is 280 cm³/mol. The number of carbonyl (C=O) groups is 3. The van der Waals surface area contributed by atoms with E-state index in [1.807, 2.05) is 112 Å². The van der Waals surface area contributed by atoms with Crippen molar-refractivity contribution in [2.45, 2.75) is 129 Å². The molecular weight excluding hydrogens is 970 g/mol. The molecule has 0 radical (unpaired) electrons. The van der Waals surface area contributed by atoms with Crippen LogP contribution in [0.4, 0.5) is 0 Å². The third-order valence-electron chi connectivity index (χ3n) is 14.2. The molecule has 16 nitrogen and oxygen atoms in total. The van der Waals surface area contributed by atoms with Gasteiger partial charge in [-0.3, -0.25) is 33.6 Å². The normalized spacial score (nSPS) is 22.3. The SMILES string of the molecule is Cc1ncsc1-c1ccc([C@H](C)NC(=O)[C@@H]2C[C@@H](O)CN2C(=O)[C@H](C(C)C)n2cc(C3=CC(OC4CC(NC(=O)C[C@@H]5N=C(c6ccc(Cl)cc6)c6c(sc(C)c6C)-n6c(C)nnc65)C4)CC=N3)cn2)cc1. The van der Waals surface area contributed by atoms with E-state index in [-0.39, 0.29) is 67.3 Å². The summed E-state index contributed by atoms with van der Waals surface area (Å²) < 4.78 is 10.2. The number of aromatic nitrogens is 6. The number of hydrogen-bond donors (Lipinski definition) is 3. The summed E-state index contributed by atoms with van der Waals surface area (Å²) in [5, 5.41) is 32.4. The maximum atomic E-state index is 14.4. The Labute approximate surface area is 431 Å². The zero-order chi connectivity index (χ0) is 50.5. The average molecular weight is 1030 g/mol. The molecule has 4 aromatic heterocycles. The topological polar surface area (TPSA) is 194 Å². The summed E-state index contributed by atoms with van der Waals surface area (Å²) in [5.74, 6) is 0.466. The van der Waals surface area contributed by atoms with Crippen molar-refractivity contribution < 1.29 is 24.2 Å². The average Bonchev–Trinajstić information content (AvgIpc) is 4.19. The molecule has 6 aromatic rings. The van der Waals surface area contributed by atoms with Gasteiger partial charge in [0.1, 0.15) is 29.0 Å². The lowest BCUT2D eigenvalue weighted by Gasteiger charge is -2.37. The van der Waals surface area contributed by atoms with Crippen LogP contribution in [-0.2, 0) is 19.1 Å². The number of ether oxygens (including phenoxy) is 1. The summed E-state index contributed by atoms with van der Waals surface area (Å²) >= 11 is 9.55. The van der Waals surface area contributed by atoms with Gasteiger partial charge in [-0.2, -0.15) is 5.10 Å². The molecule has 0 spiro atoms. The number of thiazole rings is 1. The number of likely N-dealkylation sites (tertiary alicyclic amines) is 1. The minimum absolute atomic E-state index is 0.0481. The second-order valence-electron chi connectivity index (χ2n) is 19.7. The van der Waals surface area contributed by atoms with Crippen LogP contribution in [0.25, 0.3) is 21.1 Å². The molecule has 0 bridgehead atoms. The van der Waals surface area contributed by atoms with Gasteiger partial charge in [-0.1, -0.05) is 61.8 Å². The number of thiophene rings is 1. The number of aliphatic imine (C=N–C) groups is 2. The van der Waals surface area contributed by atoms with Crippen molar-refractivity contribution in [3.8, 4) is 15.4 Å². The second-order valence-corrected chi connectivity index (χ2v) is 22.1. The van der Waals surface area contributed by atoms with Crippen molar-refractivity contribution >= 4 is 69.6 Å². The van der Waals surface area contributed by atoms with Crippen molar-refractivity contribution in [2.75, 3.05) is 6.54 Å². The highest BCUT2D eigenvalue weighted by Gasteiger charge is 2.43. The van der Waals surface area contributed by atoms with Gasteiger partial charge in [-0.05, 0) is 88.3 Å². The Hall–Kier alpha value is -6.18. The Kier molecular flexibility index (Phi) is 14.0. The smallest absolute Gasteiger partial charge is 0.248 e. The standard InChI is InChI=1S/C53H58ClN11O5S2/c1-27(2)48(52(69)63-25-39(66)20-44(63)51(68)58-29(4)33-8-10-35(11-9-33)49-30(5)56-26-71-49)64-24-36(23-57-64)42-21-40(16-17-55-42)70-41-18-38(19-41)59-45(67)22-43-50-62-61-32(7)65(50)53-46(28(3)31(6)72-53)47(60-43)34-12-14-37(54)15-13-34/h8-15,17,21,23-24,26-27,29,38-41,43-44,48,66H,16,18-20,22,25H2,1-7H3,(H,58,68)(H,59,67)/t29-,38?,39+,40?,41?,43-,44-,48-/m0/s1. The van der Waals surface area contributed by atoms with Crippen LogP contribution in [0.2, 0.25) is 5.02 Å². The van der Waals surface area contributed by atoms with Gasteiger partial charge in [0.25, 0.3) is 0 Å². The van der Waals surface area contributed by atoms with Gasteiger partial charge in [0.05, 0.1) is 64.5 Å². The highest BCUT2D eigenvalue weighted by Crippen LogP contribution is 2.40. The van der Waals surface area contributed by atoms with Gasteiger partial charge in [0, 0.05) is 64.4 Å². The fourth-order valence-electron chi connectivity index (χ4n) is 10.1. The first-order valence-electron chi connectivity index (χ1n) is 24.5. The van der Waals surface area contributed by atoms with E-state index in [1.165, 1.54) is 9.78 Å². The van der Waals surface area contributed by atoms with E-state index in [2.05, 4.69) is 49.8 Å². The summed E-state index contributed by atoms with van der Waals surface area (Å²) in [6.07, 6.45) is 8.35. The van der Waals surface area contributed by atoms with Crippen LogP contribution in [0.5, 0.6) is 0 Å². The molecule has 3 amide bonds. The molecule has 10 rings (SSSR count). The van der Waals surface area contributed by atoms with Gasteiger partial charge < -0.3 is 25.4 Å². The minimum atomic E-state index is -0.839. The fraction of sp³-hybridized carbons (Fsp3) is 0.415. The van der Waals surface area contributed by atoms with Crippen molar-refractivity contribution in [3.63, 3.8) is 0 Å². The molecule has 19 heteroatoms. The molecule has 1 saturated carbocycles. The van der Waals surface area contributed by atoms with Crippen LogP contribution in [0.1, 0.15) is 121 Å². The molecule has 72 heavy (non-hydrogen) atoms. The van der Waals surface area contributed by atoms with Gasteiger partial charge in [-0.15, -0.1) is 32.9 Å². The number of benzene rings is 2. The zero-order valence-corrected chi connectivity index (χ0v) is 43.6. The number of hydrogen-bond acceptors (Lipinski definition) is 13. The number of amides is 3. The Morgan fingerprint density at radius 1 is 0.958 bits per heavy atom. The number of nitrogens with one attached hydrogen (secondary N) is 2. The molecular formula is C53H58ClN11O5S2. The molecule has 2 fully saturated rings. The Morgan fingerprint density at radius 2 is 1.71 bits per heavy atom. The summed E-state index contributed by atoms with van der Waals surface area (Å²) in [6, 6.07) is 13.2. The van der Waals surface area contributed by atoms with Crippen LogP contribution in [0.3, 0.4) is 0 Å². The number of β-amino-alcohol motifs (C(OH)–C–C–N with tert-alkyl or cyclic N) is 1. The number of rotatable bonds is 14. The number of aliphatic hydroxyl groups is 1. The lowest BCUT2D eigenvalue weighted by Crippen LogP contribution is -2.49. The third kappa shape index (κ3) is 9.86. The van der Waals surface area contributed by atoms with Gasteiger partial charge in [0.2, 0.25) is 17.7 Å². The maximum Gasteiger partial charge on any atom is 0.248 e. The van der Waals surface area contributed by atoms with E-state index < -0.39 is 24.2 Å². The number of halogens is 1. The Bertz CT molecular complexity index is 3110. The first-order valence-corrected chi connectivity index (χ1v) is 26.6. The minimum Gasteiger partial charge on any atom is -0.391 e. The summed E-state index contributed by atoms with van der Waals surface area (Å²) in [6.45, 7) is 14.0. The van der Waals surface area contributed by atoms with E-state index >= 15 is 0 Å². The first-order chi connectivity index (χ1) is 34.6. The Morgan fingerprint density at radius 3 is 2.43 bits per heavy atom. The van der Waals surface area contributed by atoms with Crippen LogP contribution < -0.4 is 10.6 Å².